The second-order valence-corrected chi connectivity index (χ2v) is 7.83. The van der Waals surface area contributed by atoms with Crippen LogP contribution in [0.1, 0.15) is 23.2 Å². The number of aromatic nitrogens is 2. The van der Waals surface area contributed by atoms with Crippen LogP contribution >= 0.6 is 11.6 Å². The predicted octanol–water partition coefficient (Wildman–Crippen LogP) is 4.78. The van der Waals surface area contributed by atoms with Crippen LogP contribution in [0.4, 0.5) is 13.2 Å². The number of benzene rings is 1. The molecule has 1 N–H and O–H groups in total. The van der Waals surface area contributed by atoms with Crippen LogP contribution in [0.3, 0.4) is 0 Å². The molecule has 3 aromatic rings. The SMILES string of the molecule is Cc1ccc(-c2nc3c(Cl)cc(C(F)(F)F)cn3c2CN2CCCNCC2)cc1. The Morgan fingerprint density at radius 2 is 1.90 bits per heavy atom. The van der Waals surface area contributed by atoms with E-state index in [0.29, 0.717) is 17.9 Å². The molecule has 1 fully saturated rings. The lowest BCUT2D eigenvalue weighted by Gasteiger charge is -2.20. The second-order valence-electron chi connectivity index (χ2n) is 7.42. The van der Waals surface area contributed by atoms with Crippen molar-refractivity contribution in [1.82, 2.24) is 19.6 Å². The number of fused-ring (bicyclic) bond motifs is 1. The Kier molecular flexibility index (Phi) is 5.55. The molecule has 0 radical (unpaired) electrons. The molecule has 0 bridgehead atoms. The number of nitrogens with one attached hydrogen (secondary N) is 1. The number of alkyl halides is 3. The molecule has 1 aliphatic rings. The summed E-state index contributed by atoms with van der Waals surface area (Å²) in [5.41, 5.74) is 2.93. The number of pyridine rings is 1. The van der Waals surface area contributed by atoms with Crippen LogP contribution in [0.25, 0.3) is 16.9 Å². The monoisotopic (exact) mass is 422 g/mol. The molecule has 4 rings (SSSR count). The molecule has 0 saturated carbocycles. The molecule has 154 valence electrons. The van der Waals surface area contributed by atoms with E-state index < -0.39 is 11.7 Å². The van der Waals surface area contributed by atoms with Gasteiger partial charge in [-0.25, -0.2) is 4.98 Å². The van der Waals surface area contributed by atoms with Crippen LogP contribution < -0.4 is 5.32 Å². The van der Waals surface area contributed by atoms with Gasteiger partial charge in [-0.3, -0.25) is 4.90 Å². The van der Waals surface area contributed by atoms with E-state index in [-0.39, 0.29) is 5.02 Å². The third-order valence-electron chi connectivity index (χ3n) is 5.23. The molecular formula is C21H22ClF3N4. The quantitative estimate of drug-likeness (QED) is 0.659. The van der Waals surface area contributed by atoms with Gasteiger partial charge in [0.25, 0.3) is 0 Å². The van der Waals surface area contributed by atoms with E-state index in [0.717, 1.165) is 61.7 Å². The summed E-state index contributed by atoms with van der Waals surface area (Å²) in [6.07, 6.45) is -2.38. The Balaban J connectivity index is 1.88. The Hall–Kier alpha value is -2.09. The lowest BCUT2D eigenvalue weighted by molar-refractivity contribution is -0.137. The van der Waals surface area contributed by atoms with Gasteiger partial charge in [0.05, 0.1) is 22.0 Å². The fourth-order valence-electron chi connectivity index (χ4n) is 3.67. The maximum absolute atomic E-state index is 13.4. The van der Waals surface area contributed by atoms with E-state index in [1.165, 1.54) is 4.40 Å². The molecule has 1 aliphatic heterocycles. The van der Waals surface area contributed by atoms with Gasteiger partial charge < -0.3 is 9.72 Å². The fraction of sp³-hybridized carbons (Fsp3) is 0.381. The van der Waals surface area contributed by atoms with E-state index in [1.54, 1.807) is 0 Å². The number of nitrogens with zero attached hydrogens (tertiary/aromatic N) is 3. The molecule has 8 heteroatoms. The topological polar surface area (TPSA) is 32.6 Å². The Labute approximate surface area is 172 Å². The molecule has 0 unspecified atom stereocenters. The third-order valence-corrected chi connectivity index (χ3v) is 5.51. The number of hydrogen-bond acceptors (Lipinski definition) is 3. The average molecular weight is 423 g/mol. The Morgan fingerprint density at radius 3 is 2.62 bits per heavy atom. The van der Waals surface area contributed by atoms with Gasteiger partial charge >= 0.3 is 6.18 Å². The molecule has 29 heavy (non-hydrogen) atoms. The van der Waals surface area contributed by atoms with Crippen LogP contribution in [-0.2, 0) is 12.7 Å². The van der Waals surface area contributed by atoms with E-state index in [2.05, 4.69) is 15.2 Å². The minimum Gasteiger partial charge on any atom is -0.315 e. The highest BCUT2D eigenvalue weighted by molar-refractivity contribution is 6.33. The molecule has 4 nitrogen and oxygen atoms in total. The van der Waals surface area contributed by atoms with Crippen LogP contribution in [-0.4, -0.2) is 40.5 Å². The van der Waals surface area contributed by atoms with Gasteiger partial charge in [0.15, 0.2) is 5.65 Å². The summed E-state index contributed by atoms with van der Waals surface area (Å²) in [6.45, 7) is 5.99. The molecule has 0 aliphatic carbocycles. The Morgan fingerprint density at radius 1 is 1.14 bits per heavy atom. The highest BCUT2D eigenvalue weighted by Crippen LogP contribution is 2.35. The maximum Gasteiger partial charge on any atom is 0.417 e. The predicted molar refractivity (Wildman–Crippen MR) is 108 cm³/mol. The van der Waals surface area contributed by atoms with Crippen molar-refractivity contribution in [3.63, 3.8) is 0 Å². The van der Waals surface area contributed by atoms with E-state index in [9.17, 15) is 13.2 Å². The number of imidazole rings is 1. The first-order chi connectivity index (χ1) is 13.8. The average Bonchev–Trinajstić information content (AvgIpc) is 2.84. The number of halogens is 4. The van der Waals surface area contributed by atoms with Gasteiger partial charge in [-0.15, -0.1) is 0 Å². The van der Waals surface area contributed by atoms with Crippen molar-refractivity contribution in [3.8, 4) is 11.3 Å². The van der Waals surface area contributed by atoms with Gasteiger partial charge in [-0.1, -0.05) is 41.4 Å². The molecule has 0 amide bonds. The van der Waals surface area contributed by atoms with Crippen LogP contribution in [0.5, 0.6) is 0 Å². The lowest BCUT2D eigenvalue weighted by atomic mass is 10.1. The summed E-state index contributed by atoms with van der Waals surface area (Å²) < 4.78 is 41.7. The molecule has 1 aromatic carbocycles. The molecule has 0 atom stereocenters. The number of rotatable bonds is 3. The first-order valence-electron chi connectivity index (χ1n) is 9.61. The summed E-state index contributed by atoms with van der Waals surface area (Å²) in [6, 6.07) is 8.79. The van der Waals surface area contributed by atoms with Crippen molar-refractivity contribution < 1.29 is 13.2 Å². The minimum absolute atomic E-state index is 0.00281. The summed E-state index contributed by atoms with van der Waals surface area (Å²) in [5, 5.41) is 3.35. The fourth-order valence-corrected chi connectivity index (χ4v) is 3.92. The van der Waals surface area contributed by atoms with Crippen molar-refractivity contribution >= 4 is 17.2 Å². The summed E-state index contributed by atoms with van der Waals surface area (Å²) >= 11 is 6.23. The summed E-state index contributed by atoms with van der Waals surface area (Å²) in [4.78, 5) is 6.89. The standard InChI is InChI=1S/C21H22ClF3N4/c1-14-3-5-15(6-4-14)19-18(13-28-9-2-7-26-8-10-28)29-12-16(21(23,24)25)11-17(22)20(29)27-19/h3-6,11-12,26H,2,7-10,13H2,1H3. The third kappa shape index (κ3) is 4.27. The first-order valence-corrected chi connectivity index (χ1v) is 9.98. The van der Waals surface area contributed by atoms with Gasteiger partial charge in [-0.2, -0.15) is 13.2 Å². The van der Waals surface area contributed by atoms with E-state index in [1.807, 2.05) is 31.2 Å². The molecule has 1 saturated heterocycles. The van der Waals surface area contributed by atoms with Gasteiger partial charge in [0.2, 0.25) is 0 Å². The van der Waals surface area contributed by atoms with Gasteiger partial charge in [-0.05, 0) is 32.5 Å². The molecule has 2 aromatic heterocycles. The summed E-state index contributed by atoms with van der Waals surface area (Å²) in [5.74, 6) is 0. The van der Waals surface area contributed by atoms with Crippen LogP contribution in [0.15, 0.2) is 36.5 Å². The van der Waals surface area contributed by atoms with Gasteiger partial charge in [0.1, 0.15) is 0 Å². The van der Waals surface area contributed by atoms with Crippen molar-refractivity contribution in [2.75, 3.05) is 26.2 Å². The zero-order chi connectivity index (χ0) is 20.6. The highest BCUT2D eigenvalue weighted by Gasteiger charge is 2.32. The lowest BCUT2D eigenvalue weighted by Crippen LogP contribution is -2.28. The normalized spacial score (nSPS) is 16.3. The molecule has 3 heterocycles. The molecular weight excluding hydrogens is 401 g/mol. The number of hydrogen-bond donors (Lipinski definition) is 1. The largest absolute Gasteiger partial charge is 0.417 e. The zero-order valence-corrected chi connectivity index (χ0v) is 16.8. The van der Waals surface area contributed by atoms with E-state index >= 15 is 0 Å². The van der Waals surface area contributed by atoms with Crippen LogP contribution in [0.2, 0.25) is 5.02 Å². The van der Waals surface area contributed by atoms with E-state index in [4.69, 9.17) is 11.6 Å². The second kappa shape index (κ2) is 7.97. The maximum atomic E-state index is 13.4. The van der Waals surface area contributed by atoms with Crippen molar-refractivity contribution in [1.29, 1.82) is 0 Å². The highest BCUT2D eigenvalue weighted by atomic mass is 35.5. The molecule has 0 spiro atoms. The van der Waals surface area contributed by atoms with Crippen molar-refractivity contribution in [3.05, 3.63) is 58.4 Å². The minimum atomic E-state index is -4.48. The van der Waals surface area contributed by atoms with Crippen LogP contribution in [0, 0.1) is 6.92 Å². The van der Waals surface area contributed by atoms with Crippen molar-refractivity contribution in [2.45, 2.75) is 26.1 Å². The zero-order valence-electron chi connectivity index (χ0n) is 16.1. The number of aryl methyl sites for hydroxylation is 1. The van der Waals surface area contributed by atoms with Gasteiger partial charge in [0, 0.05) is 31.4 Å². The first kappa shape index (κ1) is 20.2. The Bertz CT molecular complexity index is 1000. The summed E-state index contributed by atoms with van der Waals surface area (Å²) in [7, 11) is 0. The van der Waals surface area contributed by atoms with Crippen molar-refractivity contribution in [2.24, 2.45) is 0 Å². The smallest absolute Gasteiger partial charge is 0.315 e.